The van der Waals surface area contributed by atoms with Crippen LogP contribution in [0, 0.1) is 0 Å². The number of nitrogens with zero attached hydrogens (tertiary/aromatic N) is 1. The smallest absolute Gasteiger partial charge is 0.362 e. The van der Waals surface area contributed by atoms with Crippen molar-refractivity contribution >= 4 is 17.9 Å². The maximum Gasteiger partial charge on any atom is 0.362 e. The molecule has 326 valence electrons. The van der Waals surface area contributed by atoms with E-state index in [1.807, 2.05) is 21.1 Å². The van der Waals surface area contributed by atoms with Gasteiger partial charge in [-0.25, -0.2) is 4.79 Å². The van der Waals surface area contributed by atoms with Crippen LogP contribution in [0.3, 0.4) is 0 Å². The van der Waals surface area contributed by atoms with Gasteiger partial charge >= 0.3 is 17.9 Å². The second kappa shape index (κ2) is 39.4. The van der Waals surface area contributed by atoms with Crippen molar-refractivity contribution in [3.05, 3.63) is 36.5 Å². The molecule has 0 saturated heterocycles. The van der Waals surface area contributed by atoms with E-state index in [0.29, 0.717) is 19.3 Å². The Balaban J connectivity index is 4.29. The van der Waals surface area contributed by atoms with Crippen molar-refractivity contribution in [3.8, 4) is 0 Å². The van der Waals surface area contributed by atoms with Crippen molar-refractivity contribution in [1.82, 2.24) is 0 Å². The lowest BCUT2D eigenvalue weighted by atomic mass is 10.0. The van der Waals surface area contributed by atoms with Gasteiger partial charge in [-0.05, 0) is 44.9 Å². The van der Waals surface area contributed by atoms with E-state index in [2.05, 4.69) is 50.3 Å². The van der Waals surface area contributed by atoms with Crippen LogP contribution in [0.15, 0.2) is 36.5 Å². The predicted molar refractivity (Wildman–Crippen MR) is 234 cm³/mol. The molecule has 0 aromatic heterocycles. The summed E-state index contributed by atoms with van der Waals surface area (Å²) in [6.45, 7) is 4.63. The molecule has 8 nitrogen and oxygen atoms in total. The quantitative estimate of drug-likeness (QED) is 0.0285. The summed E-state index contributed by atoms with van der Waals surface area (Å²) < 4.78 is 17.3. The van der Waals surface area contributed by atoms with Crippen LogP contribution in [0.1, 0.15) is 200 Å². The van der Waals surface area contributed by atoms with E-state index in [9.17, 15) is 19.5 Å². The first kappa shape index (κ1) is 53.6. The van der Waals surface area contributed by atoms with E-state index < -0.39 is 18.1 Å². The van der Waals surface area contributed by atoms with Crippen molar-refractivity contribution in [3.63, 3.8) is 0 Å². The van der Waals surface area contributed by atoms with Crippen molar-refractivity contribution in [2.45, 2.75) is 212 Å². The fourth-order valence-corrected chi connectivity index (χ4v) is 6.75. The van der Waals surface area contributed by atoms with Gasteiger partial charge in [0.15, 0.2) is 12.1 Å². The Hall–Kier alpha value is -2.45. The van der Waals surface area contributed by atoms with E-state index in [-0.39, 0.29) is 36.2 Å². The zero-order valence-corrected chi connectivity index (χ0v) is 37.1. The largest absolute Gasteiger partial charge is 0.477 e. The van der Waals surface area contributed by atoms with Crippen LogP contribution in [0.4, 0.5) is 0 Å². The summed E-state index contributed by atoms with van der Waals surface area (Å²) in [5.74, 6) is -1.47. The Bertz CT molecular complexity index is 1020. The van der Waals surface area contributed by atoms with Gasteiger partial charge in [0.05, 0.1) is 34.4 Å². The van der Waals surface area contributed by atoms with Crippen LogP contribution in [-0.4, -0.2) is 80.6 Å². The SMILES string of the molecule is CC/C=C/C/C=C/C/C=C/CCCCCCCCCCCC(=O)OC(COCCC(C(=O)O)[N+](C)(C)C)COC(=O)CCCCCCCCCCCCCCC. The second-order valence-electron chi connectivity index (χ2n) is 16.6. The zero-order chi connectivity index (χ0) is 41.4. The summed E-state index contributed by atoms with van der Waals surface area (Å²) in [7, 11) is 5.53. The summed E-state index contributed by atoms with van der Waals surface area (Å²) >= 11 is 0. The third-order valence-electron chi connectivity index (χ3n) is 10.3. The number of rotatable bonds is 41. The molecule has 0 aromatic rings. The third-order valence-corrected chi connectivity index (χ3v) is 10.3. The fourth-order valence-electron chi connectivity index (χ4n) is 6.75. The maximum atomic E-state index is 12.7. The molecule has 0 aliphatic heterocycles. The van der Waals surface area contributed by atoms with E-state index >= 15 is 0 Å². The molecule has 0 amide bonds. The lowest BCUT2D eigenvalue weighted by Crippen LogP contribution is -2.50. The van der Waals surface area contributed by atoms with Gasteiger partial charge in [0.25, 0.3) is 0 Å². The first-order chi connectivity index (χ1) is 27.1. The number of esters is 2. The minimum absolute atomic E-state index is 0.0501. The number of carboxylic acids is 1. The van der Waals surface area contributed by atoms with Crippen LogP contribution in [0.25, 0.3) is 0 Å². The van der Waals surface area contributed by atoms with Crippen LogP contribution >= 0.6 is 0 Å². The van der Waals surface area contributed by atoms with Crippen molar-refractivity contribution in [1.29, 1.82) is 0 Å². The molecule has 56 heavy (non-hydrogen) atoms. The highest BCUT2D eigenvalue weighted by atomic mass is 16.6. The van der Waals surface area contributed by atoms with Crippen LogP contribution < -0.4 is 0 Å². The molecule has 1 N–H and O–H groups in total. The van der Waals surface area contributed by atoms with Gasteiger partial charge in [-0.15, -0.1) is 0 Å². The van der Waals surface area contributed by atoms with Gasteiger partial charge in [-0.1, -0.05) is 172 Å². The number of aliphatic carboxylic acids is 1. The molecule has 0 aliphatic carbocycles. The number of ether oxygens (including phenoxy) is 3. The summed E-state index contributed by atoms with van der Waals surface area (Å²) in [6, 6.07) is -0.613. The number of carbonyl (C=O) groups is 3. The number of quaternary nitrogens is 1. The maximum absolute atomic E-state index is 12.7. The average Bonchev–Trinajstić information content (AvgIpc) is 3.15. The number of allylic oxidation sites excluding steroid dienone is 6. The monoisotopic (exact) mass is 791 g/mol. The Morgan fingerprint density at radius 2 is 1.00 bits per heavy atom. The molecule has 2 unspecified atom stereocenters. The zero-order valence-electron chi connectivity index (χ0n) is 37.1. The summed E-state index contributed by atoms with van der Waals surface area (Å²) in [5, 5.41) is 9.62. The number of hydrogen-bond donors (Lipinski definition) is 1. The first-order valence-corrected chi connectivity index (χ1v) is 23.0. The molecular formula is C48H88NO7+. The van der Waals surface area contributed by atoms with Crippen LogP contribution in [0.2, 0.25) is 0 Å². The molecule has 0 rings (SSSR count). The standard InChI is InChI=1S/C48H87NO7/c1-6-8-10-12-14-16-18-20-21-22-23-24-25-27-29-31-33-35-37-39-47(51)56-44(42-54-41-40-45(48(52)53)49(3,4)5)43-55-46(50)38-36-34-32-30-28-26-19-17-15-13-11-9-7-2/h8,10,14,16,20-21,44-45H,6-7,9,11-13,15,17-19,22-43H2,1-5H3/p+1/b10-8+,16-14+,21-20+. The topological polar surface area (TPSA) is 99.1 Å². The van der Waals surface area contributed by atoms with E-state index in [1.165, 1.54) is 103 Å². The Kier molecular flexibility index (Phi) is 37.7. The average molecular weight is 791 g/mol. The van der Waals surface area contributed by atoms with E-state index in [4.69, 9.17) is 14.2 Å². The third kappa shape index (κ3) is 37.1. The predicted octanol–water partition coefficient (Wildman–Crippen LogP) is 12.6. The molecular weight excluding hydrogens is 703 g/mol. The molecule has 0 saturated carbocycles. The molecule has 2 atom stereocenters. The number of unbranched alkanes of at least 4 members (excludes halogenated alkanes) is 21. The minimum atomic E-state index is -0.875. The van der Waals surface area contributed by atoms with Gasteiger partial charge in [0, 0.05) is 19.3 Å². The highest BCUT2D eigenvalue weighted by molar-refractivity contribution is 5.72. The van der Waals surface area contributed by atoms with Gasteiger partial charge in [-0.3, -0.25) is 9.59 Å². The number of carbonyl (C=O) groups excluding carboxylic acids is 2. The summed E-state index contributed by atoms with van der Waals surface area (Å²) in [5.41, 5.74) is 0. The molecule has 0 radical (unpaired) electrons. The van der Waals surface area contributed by atoms with Crippen LogP contribution in [0.5, 0.6) is 0 Å². The molecule has 0 bridgehead atoms. The minimum Gasteiger partial charge on any atom is -0.477 e. The van der Waals surface area contributed by atoms with Crippen molar-refractivity contribution in [2.24, 2.45) is 0 Å². The van der Waals surface area contributed by atoms with Crippen LogP contribution in [-0.2, 0) is 28.6 Å². The first-order valence-electron chi connectivity index (χ1n) is 23.0. The number of hydrogen-bond acceptors (Lipinski definition) is 6. The molecule has 0 fully saturated rings. The van der Waals surface area contributed by atoms with E-state index in [0.717, 1.165) is 64.2 Å². The second-order valence-corrected chi connectivity index (χ2v) is 16.6. The molecule has 0 aromatic carbocycles. The lowest BCUT2D eigenvalue weighted by Gasteiger charge is -2.31. The lowest BCUT2D eigenvalue weighted by molar-refractivity contribution is -0.887. The highest BCUT2D eigenvalue weighted by Gasteiger charge is 2.31. The molecule has 0 heterocycles. The number of likely N-dealkylation sites (N-methyl/N-ethyl adjacent to an activating group) is 1. The highest BCUT2D eigenvalue weighted by Crippen LogP contribution is 2.15. The van der Waals surface area contributed by atoms with Gasteiger partial charge in [0.1, 0.15) is 6.61 Å². The molecule has 0 aliphatic rings. The van der Waals surface area contributed by atoms with E-state index in [1.54, 1.807) is 0 Å². The number of carboxylic acid groups (broad SMARTS) is 1. The van der Waals surface area contributed by atoms with Crippen molar-refractivity contribution < 1.29 is 38.2 Å². The Labute approximate surface area is 344 Å². The molecule has 8 heteroatoms. The summed E-state index contributed by atoms with van der Waals surface area (Å²) in [6.07, 6.45) is 44.7. The fraction of sp³-hybridized carbons (Fsp3) is 0.812. The van der Waals surface area contributed by atoms with Crippen molar-refractivity contribution in [2.75, 3.05) is 41.0 Å². The normalized spacial score (nSPS) is 13.2. The Morgan fingerprint density at radius 3 is 1.48 bits per heavy atom. The van der Waals surface area contributed by atoms with Gasteiger partial charge in [0.2, 0.25) is 0 Å². The van der Waals surface area contributed by atoms with Gasteiger partial charge in [-0.2, -0.15) is 0 Å². The molecule has 0 spiro atoms. The Morgan fingerprint density at radius 1 is 0.554 bits per heavy atom. The van der Waals surface area contributed by atoms with Gasteiger partial charge < -0.3 is 23.8 Å². The summed E-state index contributed by atoms with van der Waals surface area (Å²) in [4.78, 5) is 37.0.